The highest BCUT2D eigenvalue weighted by atomic mass is 16.5. The second-order valence-corrected chi connectivity index (χ2v) is 5.46. The topological polar surface area (TPSA) is 106 Å². The first-order chi connectivity index (χ1) is 12.5. The normalized spacial score (nSPS) is 11.7. The van der Waals surface area contributed by atoms with Crippen LogP contribution in [0.25, 0.3) is 11.0 Å². The fraction of sp³-hybridized carbons (Fsp3) is 0.111. The Morgan fingerprint density at radius 3 is 2.46 bits per heavy atom. The van der Waals surface area contributed by atoms with Gasteiger partial charge in [-0.2, -0.15) is 0 Å². The number of rotatable bonds is 4. The average molecular weight is 353 g/mol. The summed E-state index contributed by atoms with van der Waals surface area (Å²) in [5, 5.41) is 14.9. The number of nitrogens with one attached hydrogen (secondary N) is 1. The molecule has 0 saturated heterocycles. The maximum atomic E-state index is 12.6. The number of benzene rings is 2. The second kappa shape index (κ2) is 7.06. The van der Waals surface area contributed by atoms with E-state index in [0.717, 1.165) is 6.20 Å². The predicted molar refractivity (Wildman–Crippen MR) is 92.7 cm³/mol. The third kappa shape index (κ3) is 3.12. The minimum atomic E-state index is -1.11. The molecule has 1 heterocycles. The van der Waals surface area contributed by atoms with Gasteiger partial charge in [-0.3, -0.25) is 4.79 Å². The molecular formula is C18H15N3O5. The molecule has 132 valence electrons. The molecule has 1 aromatic heterocycles. The van der Waals surface area contributed by atoms with Crippen LogP contribution in [0, 0.1) is 10.1 Å². The van der Waals surface area contributed by atoms with Crippen molar-refractivity contribution in [2.75, 3.05) is 7.11 Å². The molecule has 1 amide bonds. The molecule has 8 heteroatoms. The van der Waals surface area contributed by atoms with Crippen molar-refractivity contribution in [2.24, 2.45) is 0 Å². The zero-order chi connectivity index (χ0) is 18.7. The van der Waals surface area contributed by atoms with Gasteiger partial charge < -0.3 is 20.0 Å². The summed E-state index contributed by atoms with van der Waals surface area (Å²) in [6, 6.07) is 13.4. The maximum Gasteiger partial charge on any atom is 0.333 e. The van der Waals surface area contributed by atoms with Crippen LogP contribution in [0.5, 0.6) is 0 Å². The summed E-state index contributed by atoms with van der Waals surface area (Å²) in [6.07, 6.45) is 0.879. The van der Waals surface area contributed by atoms with Gasteiger partial charge in [-0.1, -0.05) is 42.5 Å². The highest BCUT2D eigenvalue weighted by molar-refractivity contribution is 5.96. The van der Waals surface area contributed by atoms with Crippen LogP contribution in [0.2, 0.25) is 0 Å². The largest absolute Gasteiger partial charge is 0.805 e. The molecule has 0 fully saturated rings. The summed E-state index contributed by atoms with van der Waals surface area (Å²) in [4.78, 5) is 36.7. The number of nitrogens with zero attached hydrogens (tertiary/aromatic N) is 2. The summed E-state index contributed by atoms with van der Waals surface area (Å²) < 4.78 is 5.52. The Hall–Kier alpha value is -3.68. The van der Waals surface area contributed by atoms with Gasteiger partial charge >= 0.3 is 5.97 Å². The van der Waals surface area contributed by atoms with Gasteiger partial charge in [-0.05, 0) is 11.6 Å². The molecule has 0 saturated carbocycles. The molecule has 0 aliphatic heterocycles. The number of hydrogen-bond acceptors (Lipinski definition) is 5. The van der Waals surface area contributed by atoms with Gasteiger partial charge in [0.05, 0.1) is 11.5 Å². The highest BCUT2D eigenvalue weighted by Crippen LogP contribution is 2.16. The van der Waals surface area contributed by atoms with Crippen molar-refractivity contribution in [3.63, 3.8) is 0 Å². The zero-order valence-corrected chi connectivity index (χ0v) is 13.8. The Balaban J connectivity index is 2.01. The van der Waals surface area contributed by atoms with Gasteiger partial charge in [0.15, 0.2) is 11.7 Å². The van der Waals surface area contributed by atoms with Gasteiger partial charge in [-0.15, -0.1) is 0 Å². The number of aromatic nitrogens is 2. The van der Waals surface area contributed by atoms with Crippen molar-refractivity contribution >= 4 is 22.9 Å². The lowest BCUT2D eigenvalue weighted by molar-refractivity contribution is -0.464. The van der Waals surface area contributed by atoms with Crippen molar-refractivity contribution in [3.8, 4) is 0 Å². The van der Waals surface area contributed by atoms with E-state index in [0.29, 0.717) is 14.7 Å². The van der Waals surface area contributed by atoms with Crippen LogP contribution in [0.3, 0.4) is 0 Å². The van der Waals surface area contributed by atoms with Crippen LogP contribution >= 0.6 is 0 Å². The number of carbonyl (C=O) groups is 2. The van der Waals surface area contributed by atoms with Gasteiger partial charge in [0.2, 0.25) is 0 Å². The van der Waals surface area contributed by atoms with Crippen LogP contribution in [0.1, 0.15) is 22.1 Å². The Morgan fingerprint density at radius 2 is 1.77 bits per heavy atom. The summed E-state index contributed by atoms with van der Waals surface area (Å²) in [5.74, 6) is -1.56. The Bertz CT molecular complexity index is 1030. The lowest BCUT2D eigenvalue weighted by atomic mass is 10.1. The van der Waals surface area contributed by atoms with Crippen LogP contribution in [0.4, 0.5) is 0 Å². The Labute approximate surface area is 147 Å². The zero-order valence-electron chi connectivity index (χ0n) is 13.8. The first-order valence-corrected chi connectivity index (χ1v) is 7.71. The number of carbonyl (C=O) groups excluding carboxylic acids is 2. The quantitative estimate of drug-likeness (QED) is 0.566. The summed E-state index contributed by atoms with van der Waals surface area (Å²) >= 11 is 0. The van der Waals surface area contributed by atoms with Crippen molar-refractivity contribution in [1.82, 2.24) is 10.0 Å². The third-order valence-electron chi connectivity index (χ3n) is 3.87. The fourth-order valence-corrected chi connectivity index (χ4v) is 2.58. The average Bonchev–Trinajstić information content (AvgIpc) is 2.68. The molecule has 1 atom stereocenters. The molecule has 3 rings (SSSR count). The van der Waals surface area contributed by atoms with E-state index in [1.54, 1.807) is 42.5 Å². The molecule has 0 aliphatic rings. The van der Waals surface area contributed by atoms with E-state index < -0.39 is 23.6 Å². The van der Waals surface area contributed by atoms with E-state index in [2.05, 4.69) is 5.32 Å². The highest BCUT2D eigenvalue weighted by Gasteiger charge is 2.26. The molecule has 0 aliphatic carbocycles. The lowest BCUT2D eigenvalue weighted by Gasteiger charge is -2.20. The maximum absolute atomic E-state index is 12.6. The molecular weight excluding hydrogens is 338 g/mol. The van der Waals surface area contributed by atoms with Crippen LogP contribution in [-0.2, 0) is 9.53 Å². The van der Waals surface area contributed by atoms with Gasteiger partial charge in [0.1, 0.15) is 5.52 Å². The Kier molecular flexibility index (Phi) is 4.66. The van der Waals surface area contributed by atoms with Crippen LogP contribution < -0.4 is 9.74 Å². The minimum Gasteiger partial charge on any atom is -0.805 e. The number of hydrogen-bond donors (Lipinski definition) is 1. The van der Waals surface area contributed by atoms with E-state index in [1.807, 2.05) is 0 Å². The van der Waals surface area contributed by atoms with Gasteiger partial charge in [0, 0.05) is 11.0 Å². The van der Waals surface area contributed by atoms with Gasteiger partial charge in [-0.25, -0.2) is 4.79 Å². The summed E-state index contributed by atoms with van der Waals surface area (Å²) in [7, 11) is 1.19. The number of ether oxygens (including phenoxy) is 1. The number of methoxy groups -OCH3 is 1. The van der Waals surface area contributed by atoms with E-state index in [9.17, 15) is 19.7 Å². The summed E-state index contributed by atoms with van der Waals surface area (Å²) in [5.41, 5.74) is 0.237. The third-order valence-corrected chi connectivity index (χ3v) is 3.87. The molecule has 1 N–H and O–H groups in total. The first-order valence-electron chi connectivity index (χ1n) is 7.71. The second-order valence-electron chi connectivity index (χ2n) is 5.46. The van der Waals surface area contributed by atoms with Crippen LogP contribution in [-0.4, -0.2) is 23.7 Å². The number of esters is 1. The molecule has 3 aromatic rings. The minimum absolute atomic E-state index is 0.0458. The molecule has 0 unspecified atom stereocenters. The van der Waals surface area contributed by atoms with Crippen LogP contribution in [0.15, 0.2) is 60.8 Å². The molecule has 2 aromatic carbocycles. The molecule has 0 bridgehead atoms. The van der Waals surface area contributed by atoms with E-state index in [-0.39, 0.29) is 11.0 Å². The number of amides is 1. The standard InChI is InChI=1S/C18H15N3O5/c1-26-18(23)16(12-7-3-2-4-8-12)19-17(22)15-11-20(24)13-9-5-6-10-14(13)21(15)25/h2-11,16H,1H3,(H,19,22)/t16-/m0/s1. The van der Waals surface area contributed by atoms with Crippen molar-refractivity contribution in [3.05, 3.63) is 82.2 Å². The Morgan fingerprint density at radius 1 is 1.12 bits per heavy atom. The molecule has 0 radical (unpaired) electrons. The molecule has 0 spiro atoms. The molecule has 8 nitrogen and oxygen atoms in total. The molecule has 26 heavy (non-hydrogen) atoms. The van der Waals surface area contributed by atoms with E-state index >= 15 is 0 Å². The predicted octanol–water partition coefficient (Wildman–Crippen LogP) is 1.55. The van der Waals surface area contributed by atoms with Crippen molar-refractivity contribution in [1.29, 1.82) is 0 Å². The monoisotopic (exact) mass is 353 g/mol. The van der Waals surface area contributed by atoms with E-state index in [4.69, 9.17) is 4.74 Å². The van der Waals surface area contributed by atoms with Crippen molar-refractivity contribution in [2.45, 2.75) is 6.04 Å². The first kappa shape index (κ1) is 17.2. The SMILES string of the molecule is COC(=O)[C@@H](NC(=O)c1c[n+](=O)c2ccccc2n1[O-])c1ccccc1. The smallest absolute Gasteiger partial charge is 0.333 e. The summed E-state index contributed by atoms with van der Waals surface area (Å²) in [6.45, 7) is 0. The van der Waals surface area contributed by atoms with Crippen molar-refractivity contribution < 1.29 is 18.8 Å². The fourth-order valence-electron chi connectivity index (χ4n) is 2.58. The number of fused-ring (bicyclic) bond motifs is 1. The lowest BCUT2D eigenvalue weighted by Crippen LogP contribution is -2.37. The van der Waals surface area contributed by atoms with Gasteiger partial charge in [0.25, 0.3) is 17.6 Å². The number of para-hydroxylation sites is 2. The van der Waals surface area contributed by atoms with E-state index in [1.165, 1.54) is 19.2 Å².